The van der Waals surface area contributed by atoms with Gasteiger partial charge in [0, 0.05) is 10.5 Å². The van der Waals surface area contributed by atoms with Crippen molar-refractivity contribution in [2.45, 2.75) is 10.3 Å². The van der Waals surface area contributed by atoms with Crippen LogP contribution in [0.3, 0.4) is 0 Å². The minimum absolute atomic E-state index is 0.351. The molecular formula is C14H16N2O4S3. The van der Waals surface area contributed by atoms with Crippen LogP contribution in [-0.4, -0.2) is 32.2 Å². The summed E-state index contributed by atoms with van der Waals surface area (Å²) in [6.07, 6.45) is 5.23. The molecule has 6 nitrogen and oxygen atoms in total. The molecule has 23 heavy (non-hydrogen) atoms. The Labute approximate surface area is 142 Å². The average molecular weight is 372 g/mol. The number of allylic oxidation sites excluding steroid dienone is 2. The number of hydrogen-bond donors (Lipinski definition) is 4. The van der Waals surface area contributed by atoms with Gasteiger partial charge in [-0.2, -0.15) is 10.9 Å². The van der Waals surface area contributed by atoms with Crippen LogP contribution in [0.4, 0.5) is 5.69 Å². The normalized spacial score (nSPS) is 16.2. The fourth-order valence-corrected chi connectivity index (χ4v) is 4.53. The van der Waals surface area contributed by atoms with Crippen LogP contribution in [0.1, 0.15) is 10.4 Å². The third-order valence-electron chi connectivity index (χ3n) is 2.93. The van der Waals surface area contributed by atoms with Crippen molar-refractivity contribution in [1.82, 2.24) is 5.32 Å². The molecule has 0 aliphatic carbocycles. The molecule has 124 valence electrons. The molecule has 0 saturated carbocycles. The van der Waals surface area contributed by atoms with Crippen molar-refractivity contribution in [3.63, 3.8) is 0 Å². The highest BCUT2D eigenvalue weighted by Gasteiger charge is 2.19. The molecule has 1 aromatic carbocycles. The summed E-state index contributed by atoms with van der Waals surface area (Å²) in [7, 11) is -4.27. The maximum absolute atomic E-state index is 12.2. The number of hydrogen-bond acceptors (Lipinski definition) is 5. The van der Waals surface area contributed by atoms with E-state index in [0.29, 0.717) is 22.6 Å². The lowest BCUT2D eigenvalue weighted by molar-refractivity contribution is -0.109. The minimum Gasteiger partial charge on any atom is -0.340 e. The summed E-state index contributed by atoms with van der Waals surface area (Å²) in [5.74, 6) is -0.366. The molecule has 9 heteroatoms. The Hall–Kier alpha value is -1.71. The molecule has 1 unspecified atom stereocenters. The van der Waals surface area contributed by atoms with E-state index in [2.05, 4.69) is 22.7 Å². The van der Waals surface area contributed by atoms with E-state index < -0.39 is 26.3 Å². The molecule has 1 aliphatic heterocycles. The number of amides is 1. The number of carbonyl (C=O) groups is 2. The second-order valence-corrected chi connectivity index (χ2v) is 8.91. The Balaban J connectivity index is 2.43. The van der Waals surface area contributed by atoms with E-state index in [-0.39, 0.29) is 5.78 Å². The number of sulfonamides is 1. The molecule has 0 spiro atoms. The first-order valence-corrected chi connectivity index (χ1v) is 10.4. The third kappa shape index (κ3) is 4.63. The van der Waals surface area contributed by atoms with Crippen molar-refractivity contribution in [3.8, 4) is 0 Å². The molecule has 1 heterocycles. The average Bonchev–Trinajstić information content (AvgIpc) is 2.99. The molecule has 2 rings (SSSR count). The molecule has 0 bridgehead atoms. The van der Waals surface area contributed by atoms with Crippen LogP contribution < -0.4 is 10.0 Å². The zero-order valence-corrected chi connectivity index (χ0v) is 14.7. The number of benzene rings is 1. The smallest absolute Gasteiger partial charge is 0.229 e. The van der Waals surface area contributed by atoms with Crippen molar-refractivity contribution in [3.05, 3.63) is 46.7 Å². The number of Topliss-reactive ketones (excluding diaryl/α,β-unsaturated/α-hetero) is 1. The van der Waals surface area contributed by atoms with Crippen LogP contribution in [0, 0.1) is 0 Å². The van der Waals surface area contributed by atoms with E-state index in [1.165, 1.54) is 6.07 Å². The fraction of sp³-hybridized carbons (Fsp3) is 0.143. The first-order valence-electron chi connectivity index (χ1n) is 6.49. The molecule has 2 N–H and O–H groups in total. The minimum atomic E-state index is -3.43. The summed E-state index contributed by atoms with van der Waals surface area (Å²) in [6.45, 7) is 0. The van der Waals surface area contributed by atoms with Gasteiger partial charge in [-0.05, 0) is 29.0 Å². The second kappa shape index (κ2) is 7.24. The first-order chi connectivity index (χ1) is 10.8. The van der Waals surface area contributed by atoms with Crippen LogP contribution in [0.25, 0.3) is 0 Å². The van der Waals surface area contributed by atoms with Crippen molar-refractivity contribution in [2.75, 3.05) is 11.0 Å². The Morgan fingerprint density at radius 2 is 1.96 bits per heavy atom. The van der Waals surface area contributed by atoms with Gasteiger partial charge in [0.15, 0.2) is 5.78 Å². The number of anilines is 1. The molecule has 0 radical (unpaired) electrons. The summed E-state index contributed by atoms with van der Waals surface area (Å²) in [4.78, 5) is 23.4. The molecule has 0 aromatic heterocycles. The van der Waals surface area contributed by atoms with E-state index in [1.807, 2.05) is 23.0 Å². The lowest BCUT2D eigenvalue weighted by Crippen LogP contribution is -2.30. The van der Waals surface area contributed by atoms with Gasteiger partial charge in [-0.15, -0.1) is 12.6 Å². The van der Waals surface area contributed by atoms with Gasteiger partial charge in [0.1, 0.15) is 5.37 Å². The predicted molar refractivity (Wildman–Crippen MR) is 96.7 cm³/mol. The number of rotatable bonds is 7. The molecule has 1 aromatic rings. The Kier molecular flexibility index (Phi) is 5.55. The summed E-state index contributed by atoms with van der Waals surface area (Å²) in [6, 6.07) is 4.69. The van der Waals surface area contributed by atoms with Gasteiger partial charge in [-0.1, -0.05) is 12.2 Å². The molecule has 0 saturated heterocycles. The van der Waals surface area contributed by atoms with Crippen molar-refractivity contribution in [1.29, 1.82) is 0 Å². The van der Waals surface area contributed by atoms with E-state index in [9.17, 15) is 18.0 Å². The van der Waals surface area contributed by atoms with E-state index in [1.54, 1.807) is 12.1 Å². The van der Waals surface area contributed by atoms with Crippen LogP contribution in [0.2, 0.25) is 0 Å². The molecule has 0 fully saturated rings. The monoisotopic (exact) mass is 372 g/mol. The van der Waals surface area contributed by atoms with Crippen LogP contribution in [0.5, 0.6) is 0 Å². The van der Waals surface area contributed by atoms with Crippen LogP contribution >= 0.6 is 23.5 Å². The zero-order chi connectivity index (χ0) is 17.0. The maximum atomic E-state index is 12.2. The number of ketones is 1. The topological polar surface area (TPSA) is 92.3 Å². The number of thiol groups is 2. The lowest BCUT2D eigenvalue weighted by Gasteiger charge is -2.18. The SMILES string of the molecule is CS(=O)(=O)Nc1ccc(C(=O)C(S)NC=O)cc1[SH]1C=CC=C1. The quantitative estimate of drug-likeness (QED) is 0.253. The highest BCUT2D eigenvalue weighted by Crippen LogP contribution is 2.46. The largest absolute Gasteiger partial charge is 0.340 e. The van der Waals surface area contributed by atoms with Crippen molar-refractivity contribution in [2.24, 2.45) is 0 Å². The first kappa shape index (κ1) is 17.6. The van der Waals surface area contributed by atoms with Gasteiger partial charge in [0.05, 0.1) is 11.9 Å². The predicted octanol–water partition coefficient (Wildman–Crippen LogP) is 1.64. The summed E-state index contributed by atoms with van der Waals surface area (Å²) >= 11 is 4.03. The highest BCUT2D eigenvalue weighted by atomic mass is 32.2. The molecule has 1 aliphatic rings. The molecular weight excluding hydrogens is 356 g/mol. The Bertz CT molecular complexity index is 775. The standard InChI is InChI=1S/C14H16N2O4S3/c1-23(19,20)16-11-5-4-10(13(18)14(21)15-9-17)8-12(11)22-6-2-3-7-22/h2-9,14,16,21-22H,1H3,(H,15,17). The van der Waals surface area contributed by atoms with Gasteiger partial charge in [-0.3, -0.25) is 14.3 Å². The summed E-state index contributed by atoms with van der Waals surface area (Å²) in [5, 5.41) is 5.24. The maximum Gasteiger partial charge on any atom is 0.229 e. The van der Waals surface area contributed by atoms with Gasteiger partial charge in [-0.25, -0.2) is 8.42 Å². The number of nitrogens with one attached hydrogen (secondary N) is 2. The van der Waals surface area contributed by atoms with E-state index >= 15 is 0 Å². The molecule has 1 amide bonds. The Morgan fingerprint density at radius 1 is 1.30 bits per heavy atom. The van der Waals surface area contributed by atoms with Crippen LogP contribution in [0.15, 0.2) is 46.1 Å². The Morgan fingerprint density at radius 3 is 2.52 bits per heavy atom. The second-order valence-electron chi connectivity index (χ2n) is 4.75. The zero-order valence-electron chi connectivity index (χ0n) is 12.1. The lowest BCUT2D eigenvalue weighted by atomic mass is 10.1. The van der Waals surface area contributed by atoms with E-state index in [0.717, 1.165) is 6.26 Å². The highest BCUT2D eigenvalue weighted by molar-refractivity contribution is 8.22. The summed E-state index contributed by atoms with van der Waals surface area (Å²) in [5.41, 5.74) is 0.787. The van der Waals surface area contributed by atoms with Gasteiger partial charge in [0.2, 0.25) is 16.4 Å². The summed E-state index contributed by atoms with van der Waals surface area (Å²) < 4.78 is 25.5. The van der Waals surface area contributed by atoms with Crippen molar-refractivity contribution < 1.29 is 18.0 Å². The van der Waals surface area contributed by atoms with Crippen molar-refractivity contribution >= 4 is 51.4 Å². The van der Waals surface area contributed by atoms with Gasteiger partial charge >= 0.3 is 0 Å². The third-order valence-corrected chi connectivity index (χ3v) is 5.82. The van der Waals surface area contributed by atoms with Gasteiger partial charge < -0.3 is 5.32 Å². The number of carbonyl (C=O) groups excluding carboxylic acids is 2. The van der Waals surface area contributed by atoms with E-state index in [4.69, 9.17) is 0 Å². The molecule has 1 atom stereocenters. The fourth-order valence-electron chi connectivity index (χ4n) is 1.98. The van der Waals surface area contributed by atoms with Gasteiger partial charge in [0.25, 0.3) is 0 Å². The van der Waals surface area contributed by atoms with Crippen LogP contribution in [-0.2, 0) is 14.8 Å².